The number of methoxy groups -OCH3 is 1. The van der Waals surface area contributed by atoms with Crippen LogP contribution in [-0.4, -0.2) is 39.0 Å². The average Bonchev–Trinajstić information content (AvgIpc) is 3.00. The molecule has 0 saturated carbocycles. The number of esters is 1. The number of amides is 1. The van der Waals surface area contributed by atoms with Crippen molar-refractivity contribution in [3.63, 3.8) is 0 Å². The first-order valence-corrected chi connectivity index (χ1v) is 6.39. The van der Waals surface area contributed by atoms with Crippen LogP contribution in [0.1, 0.15) is 17.0 Å². The zero-order chi connectivity index (χ0) is 15.4. The number of aryl methyl sites for hydroxylation is 2. The quantitative estimate of drug-likeness (QED) is 0.784. The molecule has 2 aromatic heterocycles. The Morgan fingerprint density at radius 1 is 1.43 bits per heavy atom. The van der Waals surface area contributed by atoms with E-state index >= 15 is 0 Å². The van der Waals surface area contributed by atoms with E-state index in [4.69, 9.17) is 0 Å². The highest BCUT2D eigenvalue weighted by Gasteiger charge is 2.12. The Morgan fingerprint density at radius 2 is 2.19 bits per heavy atom. The first-order valence-electron chi connectivity index (χ1n) is 6.39. The van der Waals surface area contributed by atoms with Gasteiger partial charge in [-0.3, -0.25) is 19.4 Å². The molecule has 0 aliphatic rings. The molecule has 0 unspecified atom stereocenters. The molecule has 0 aromatic carbocycles. The molecule has 1 amide bonds. The molecule has 2 rings (SSSR count). The molecule has 0 atom stereocenters. The largest absolute Gasteiger partial charge is 0.468 e. The van der Waals surface area contributed by atoms with Crippen molar-refractivity contribution in [2.45, 2.75) is 26.8 Å². The Bertz CT molecular complexity index is 639. The van der Waals surface area contributed by atoms with Crippen molar-refractivity contribution in [1.82, 2.24) is 20.0 Å². The van der Waals surface area contributed by atoms with E-state index in [1.807, 2.05) is 13.8 Å². The fraction of sp³-hybridized carbons (Fsp3) is 0.385. The third-order valence-electron chi connectivity index (χ3n) is 3.05. The number of nitrogens with zero attached hydrogens (tertiary/aromatic N) is 3. The van der Waals surface area contributed by atoms with Gasteiger partial charge in [0.1, 0.15) is 6.54 Å². The summed E-state index contributed by atoms with van der Waals surface area (Å²) in [6, 6.07) is 0. The van der Waals surface area contributed by atoms with Gasteiger partial charge in [0, 0.05) is 17.5 Å². The third kappa shape index (κ3) is 3.68. The molecule has 0 bridgehead atoms. The lowest BCUT2D eigenvalue weighted by atomic mass is 10.1. The lowest BCUT2D eigenvalue weighted by molar-refractivity contribution is -0.141. The van der Waals surface area contributed by atoms with Gasteiger partial charge < -0.3 is 10.1 Å². The summed E-state index contributed by atoms with van der Waals surface area (Å²) in [6.45, 7) is 3.73. The van der Waals surface area contributed by atoms with Crippen LogP contribution in [0.2, 0.25) is 0 Å². The molecule has 2 heterocycles. The fourth-order valence-corrected chi connectivity index (χ4v) is 1.91. The van der Waals surface area contributed by atoms with Crippen LogP contribution in [0.15, 0.2) is 12.4 Å². The van der Waals surface area contributed by atoms with Gasteiger partial charge in [0.05, 0.1) is 31.1 Å². The summed E-state index contributed by atoms with van der Waals surface area (Å²) in [5.74, 6) is -0.569. The Kier molecular flexibility index (Phi) is 4.36. The Balaban J connectivity index is 1.96. The highest BCUT2D eigenvalue weighted by atomic mass is 16.5. The number of H-pyrrole nitrogens is 1. The van der Waals surface area contributed by atoms with Crippen molar-refractivity contribution >= 4 is 17.6 Å². The number of hydrogen-bond donors (Lipinski definition) is 2. The maximum Gasteiger partial charge on any atom is 0.327 e. The van der Waals surface area contributed by atoms with Crippen LogP contribution in [0.25, 0.3) is 0 Å². The molecule has 21 heavy (non-hydrogen) atoms. The Hall–Kier alpha value is -2.64. The fourth-order valence-electron chi connectivity index (χ4n) is 1.91. The molecular weight excluding hydrogens is 274 g/mol. The number of hydrogen-bond acceptors (Lipinski definition) is 5. The number of anilines is 1. The highest BCUT2D eigenvalue weighted by molar-refractivity contribution is 5.92. The summed E-state index contributed by atoms with van der Waals surface area (Å²) in [5.41, 5.74) is 3.10. The maximum atomic E-state index is 12.0. The van der Waals surface area contributed by atoms with Crippen LogP contribution in [0.5, 0.6) is 0 Å². The van der Waals surface area contributed by atoms with Gasteiger partial charge in [-0.1, -0.05) is 0 Å². The van der Waals surface area contributed by atoms with Gasteiger partial charge in [-0.25, -0.2) is 0 Å². The SMILES string of the molecule is COC(=O)Cn1cc(NC(=O)Cc2c(C)n[nH]c2C)cn1. The number of carbonyl (C=O) groups is 2. The lowest BCUT2D eigenvalue weighted by Gasteiger charge is -2.03. The van der Waals surface area contributed by atoms with Crippen molar-refractivity contribution in [3.8, 4) is 0 Å². The minimum Gasteiger partial charge on any atom is -0.468 e. The van der Waals surface area contributed by atoms with Crippen molar-refractivity contribution in [2.24, 2.45) is 0 Å². The summed E-state index contributed by atoms with van der Waals surface area (Å²) < 4.78 is 5.94. The average molecular weight is 291 g/mol. The Morgan fingerprint density at radius 3 is 2.81 bits per heavy atom. The second kappa shape index (κ2) is 6.21. The molecule has 8 heteroatoms. The van der Waals surface area contributed by atoms with Crippen LogP contribution < -0.4 is 5.32 Å². The standard InChI is InChI=1S/C13H17N5O3/c1-8-11(9(2)17-16-8)4-12(19)15-10-5-14-18(6-10)7-13(20)21-3/h5-6H,4,7H2,1-3H3,(H,15,19)(H,16,17). The third-order valence-corrected chi connectivity index (χ3v) is 3.05. The van der Waals surface area contributed by atoms with Gasteiger partial charge in [-0.05, 0) is 13.8 Å². The summed E-state index contributed by atoms with van der Waals surface area (Å²) in [5, 5.41) is 13.6. The van der Waals surface area contributed by atoms with E-state index in [1.165, 1.54) is 18.0 Å². The molecule has 0 radical (unpaired) electrons. The number of aromatic amines is 1. The van der Waals surface area contributed by atoms with Crippen molar-refractivity contribution in [3.05, 3.63) is 29.3 Å². The van der Waals surface area contributed by atoms with E-state index in [1.54, 1.807) is 6.20 Å². The molecule has 0 aliphatic carbocycles. The normalized spacial score (nSPS) is 10.4. The molecule has 8 nitrogen and oxygen atoms in total. The van der Waals surface area contributed by atoms with Gasteiger partial charge in [0.2, 0.25) is 5.91 Å². The molecule has 0 spiro atoms. The van der Waals surface area contributed by atoms with Gasteiger partial charge in [0.25, 0.3) is 0 Å². The second-order valence-electron chi connectivity index (χ2n) is 4.64. The van der Waals surface area contributed by atoms with Crippen LogP contribution >= 0.6 is 0 Å². The van der Waals surface area contributed by atoms with Crippen molar-refractivity contribution in [2.75, 3.05) is 12.4 Å². The van der Waals surface area contributed by atoms with E-state index in [9.17, 15) is 9.59 Å². The molecule has 0 aliphatic heterocycles. The molecule has 2 N–H and O–H groups in total. The number of rotatable bonds is 5. The van der Waals surface area contributed by atoms with E-state index in [0.717, 1.165) is 17.0 Å². The second-order valence-corrected chi connectivity index (χ2v) is 4.64. The zero-order valence-electron chi connectivity index (χ0n) is 12.1. The summed E-state index contributed by atoms with van der Waals surface area (Å²) in [4.78, 5) is 23.1. The van der Waals surface area contributed by atoms with Gasteiger partial charge in [0.15, 0.2) is 0 Å². The Labute approximate surface area is 121 Å². The van der Waals surface area contributed by atoms with Crippen LogP contribution in [-0.2, 0) is 27.3 Å². The van der Waals surface area contributed by atoms with Gasteiger partial charge in [-0.2, -0.15) is 10.2 Å². The van der Waals surface area contributed by atoms with Crippen molar-refractivity contribution in [1.29, 1.82) is 0 Å². The minimum absolute atomic E-state index is 0.00627. The zero-order valence-corrected chi connectivity index (χ0v) is 12.1. The lowest BCUT2D eigenvalue weighted by Crippen LogP contribution is -2.15. The molecule has 2 aromatic rings. The number of carbonyl (C=O) groups excluding carboxylic acids is 2. The summed E-state index contributed by atoms with van der Waals surface area (Å²) in [6.07, 6.45) is 3.29. The van der Waals surface area contributed by atoms with E-state index in [0.29, 0.717) is 5.69 Å². The number of ether oxygens (including phenoxy) is 1. The van der Waals surface area contributed by atoms with Crippen LogP contribution in [0.3, 0.4) is 0 Å². The number of nitrogens with one attached hydrogen (secondary N) is 2. The summed E-state index contributed by atoms with van der Waals surface area (Å²) in [7, 11) is 1.31. The monoisotopic (exact) mass is 291 g/mol. The molecule has 0 saturated heterocycles. The smallest absolute Gasteiger partial charge is 0.327 e. The summed E-state index contributed by atoms with van der Waals surface area (Å²) >= 11 is 0. The van der Waals surface area contributed by atoms with Crippen LogP contribution in [0.4, 0.5) is 5.69 Å². The van der Waals surface area contributed by atoms with Gasteiger partial charge in [-0.15, -0.1) is 0 Å². The molecular formula is C13H17N5O3. The van der Waals surface area contributed by atoms with E-state index < -0.39 is 5.97 Å². The van der Waals surface area contributed by atoms with Crippen molar-refractivity contribution < 1.29 is 14.3 Å². The van der Waals surface area contributed by atoms with Gasteiger partial charge >= 0.3 is 5.97 Å². The van der Waals surface area contributed by atoms with E-state index in [2.05, 4.69) is 25.3 Å². The molecule has 112 valence electrons. The van der Waals surface area contributed by atoms with Crippen LogP contribution in [0, 0.1) is 13.8 Å². The first kappa shape index (κ1) is 14.8. The first-order chi connectivity index (χ1) is 9.99. The van der Waals surface area contributed by atoms with E-state index in [-0.39, 0.29) is 18.9 Å². The predicted octanol–water partition coefficient (Wildman–Crippen LogP) is 0.577. The highest BCUT2D eigenvalue weighted by Crippen LogP contribution is 2.12. The predicted molar refractivity (Wildman–Crippen MR) is 74.6 cm³/mol. The maximum absolute atomic E-state index is 12.0. The minimum atomic E-state index is -0.402. The number of aromatic nitrogens is 4. The molecule has 0 fully saturated rings. The topological polar surface area (TPSA) is 102 Å².